The zero-order chi connectivity index (χ0) is 28.8. The van der Waals surface area contributed by atoms with Crippen molar-refractivity contribution in [2.45, 2.75) is 119 Å². The molecule has 40 heavy (non-hydrogen) atoms. The predicted octanol–water partition coefficient (Wildman–Crippen LogP) is -0.279. The van der Waals surface area contributed by atoms with Gasteiger partial charge in [0.15, 0.2) is 6.29 Å². The Morgan fingerprint density at radius 3 is 2.42 bits per heavy atom. The Bertz CT molecular complexity index is 1080. The number of carbonyl (C=O) groups excluding carboxylic acids is 2. The van der Waals surface area contributed by atoms with E-state index in [-0.39, 0.29) is 38.2 Å². The van der Waals surface area contributed by atoms with Crippen LogP contribution in [0.15, 0.2) is 11.6 Å². The van der Waals surface area contributed by atoms with E-state index in [2.05, 4.69) is 0 Å². The summed E-state index contributed by atoms with van der Waals surface area (Å²) in [7, 11) is 0. The van der Waals surface area contributed by atoms with Crippen molar-refractivity contribution in [1.82, 2.24) is 0 Å². The highest BCUT2D eigenvalue weighted by Crippen LogP contribution is 2.70. The lowest BCUT2D eigenvalue weighted by molar-refractivity contribution is -0.320. The molecule has 6 aliphatic rings. The number of carbonyl (C=O) groups is 2. The van der Waals surface area contributed by atoms with Gasteiger partial charge >= 0.3 is 5.97 Å². The normalized spacial score (nSPS) is 56.0. The van der Waals surface area contributed by atoms with Crippen LogP contribution in [-0.4, -0.2) is 104 Å². The molecule has 0 aromatic heterocycles. The van der Waals surface area contributed by atoms with E-state index in [0.717, 1.165) is 11.9 Å². The molecule has 0 bridgehead atoms. The Balaban J connectivity index is 1.25. The maximum atomic E-state index is 13.0. The number of aldehydes is 1. The van der Waals surface area contributed by atoms with Crippen LogP contribution in [0.3, 0.4) is 0 Å². The van der Waals surface area contributed by atoms with Gasteiger partial charge in [0.05, 0.1) is 34.9 Å². The van der Waals surface area contributed by atoms with Crippen molar-refractivity contribution >= 4 is 12.3 Å². The van der Waals surface area contributed by atoms with Gasteiger partial charge < -0.3 is 49.6 Å². The Kier molecular flexibility index (Phi) is 6.83. The van der Waals surface area contributed by atoms with Gasteiger partial charge in [-0.25, -0.2) is 4.79 Å². The average Bonchev–Trinajstić information content (AvgIpc) is 3.45. The molecule has 0 radical (unpaired) electrons. The van der Waals surface area contributed by atoms with Crippen molar-refractivity contribution in [3.63, 3.8) is 0 Å². The van der Waals surface area contributed by atoms with Crippen LogP contribution in [0.5, 0.6) is 0 Å². The fraction of sp³-hybridized carbons (Fsp3) is 0.862. The molecule has 0 aromatic rings. The number of fused-ring (bicyclic) bond motifs is 5. The average molecular weight is 567 g/mol. The highest BCUT2D eigenvalue weighted by molar-refractivity contribution is 5.85. The summed E-state index contributed by atoms with van der Waals surface area (Å²) in [5.41, 5.74) is -3.89. The van der Waals surface area contributed by atoms with Crippen molar-refractivity contribution in [1.29, 1.82) is 0 Å². The summed E-state index contributed by atoms with van der Waals surface area (Å²) >= 11 is 0. The number of hydrogen-bond acceptors (Lipinski definition) is 11. The third-order valence-electron chi connectivity index (χ3n) is 11.9. The van der Waals surface area contributed by atoms with Gasteiger partial charge in [-0.3, -0.25) is 0 Å². The minimum atomic E-state index is -1.51. The predicted molar refractivity (Wildman–Crippen MR) is 136 cm³/mol. The first kappa shape index (κ1) is 28.7. The van der Waals surface area contributed by atoms with E-state index >= 15 is 0 Å². The van der Waals surface area contributed by atoms with Gasteiger partial charge in [0.2, 0.25) is 0 Å². The zero-order valence-corrected chi connectivity index (χ0v) is 23.0. The van der Waals surface area contributed by atoms with Crippen molar-refractivity contribution in [3.8, 4) is 0 Å². The van der Waals surface area contributed by atoms with Crippen molar-refractivity contribution < 1.29 is 54.4 Å². The number of esters is 1. The summed E-state index contributed by atoms with van der Waals surface area (Å²) < 4.78 is 16.8. The van der Waals surface area contributed by atoms with E-state index in [1.165, 1.54) is 6.08 Å². The first-order chi connectivity index (χ1) is 18.8. The number of aliphatic hydroxyl groups excluding tert-OH is 4. The summed E-state index contributed by atoms with van der Waals surface area (Å²) in [4.78, 5) is 24.8. The van der Waals surface area contributed by atoms with Gasteiger partial charge in [-0.15, -0.1) is 0 Å². The quantitative estimate of drug-likeness (QED) is 0.149. The molecule has 14 atom stereocenters. The number of cyclic esters (lactones) is 1. The Labute approximate surface area is 233 Å². The Morgan fingerprint density at radius 1 is 1.00 bits per heavy atom. The van der Waals surface area contributed by atoms with Crippen LogP contribution in [0.4, 0.5) is 0 Å². The van der Waals surface area contributed by atoms with Crippen molar-refractivity contribution in [2.75, 3.05) is 6.61 Å². The summed E-state index contributed by atoms with van der Waals surface area (Å²) in [5.74, 6) is -1.61. The van der Waals surface area contributed by atoms with E-state index in [1.54, 1.807) is 6.92 Å². The zero-order valence-electron chi connectivity index (χ0n) is 23.0. The Hall–Kier alpha value is -1.44. The van der Waals surface area contributed by atoms with E-state index in [0.29, 0.717) is 25.7 Å². The van der Waals surface area contributed by atoms with E-state index < -0.39 is 82.8 Å². The molecule has 0 aromatic carbocycles. The van der Waals surface area contributed by atoms with Crippen LogP contribution in [0.1, 0.15) is 65.2 Å². The topological polar surface area (TPSA) is 183 Å². The summed E-state index contributed by atoms with van der Waals surface area (Å²) in [6, 6.07) is 0. The molecule has 224 valence electrons. The maximum Gasteiger partial charge on any atom is 0.331 e. The fourth-order valence-electron chi connectivity index (χ4n) is 9.82. The monoisotopic (exact) mass is 566 g/mol. The third kappa shape index (κ3) is 3.78. The van der Waals surface area contributed by atoms with Crippen molar-refractivity contribution in [3.05, 3.63) is 11.6 Å². The molecule has 0 unspecified atom stereocenters. The Morgan fingerprint density at radius 2 is 1.75 bits per heavy atom. The molecule has 5 fully saturated rings. The van der Waals surface area contributed by atoms with Gasteiger partial charge in [-0.05, 0) is 69.3 Å². The maximum absolute atomic E-state index is 13.0. The lowest BCUT2D eigenvalue weighted by atomic mass is 9.41. The van der Waals surface area contributed by atoms with Crippen LogP contribution >= 0.6 is 0 Å². The van der Waals surface area contributed by atoms with Gasteiger partial charge in [-0.2, -0.15) is 0 Å². The highest BCUT2D eigenvalue weighted by atomic mass is 16.7. The first-order valence-corrected chi connectivity index (χ1v) is 14.6. The fourth-order valence-corrected chi connectivity index (χ4v) is 9.82. The first-order valence-electron chi connectivity index (χ1n) is 14.6. The minimum Gasteiger partial charge on any atom is -0.458 e. The second-order valence-corrected chi connectivity index (χ2v) is 13.6. The smallest absolute Gasteiger partial charge is 0.331 e. The summed E-state index contributed by atoms with van der Waals surface area (Å²) in [6.07, 6.45) is -2.87. The lowest BCUT2D eigenvalue weighted by Crippen LogP contribution is -2.72. The molecule has 2 heterocycles. The van der Waals surface area contributed by atoms with Gasteiger partial charge in [0.1, 0.15) is 31.2 Å². The molecule has 11 nitrogen and oxygen atoms in total. The number of aliphatic hydroxyl groups is 6. The molecule has 11 heteroatoms. The lowest BCUT2D eigenvalue weighted by Gasteiger charge is -2.66. The molecular weight excluding hydrogens is 524 g/mol. The van der Waals surface area contributed by atoms with Gasteiger partial charge in [0.25, 0.3) is 0 Å². The van der Waals surface area contributed by atoms with Crippen LogP contribution in [0.2, 0.25) is 0 Å². The molecular formula is C29H42O11. The minimum absolute atomic E-state index is 0.0615. The molecule has 4 saturated carbocycles. The molecule has 1 saturated heterocycles. The summed E-state index contributed by atoms with van der Waals surface area (Å²) in [6.45, 7) is 3.72. The van der Waals surface area contributed by atoms with Crippen LogP contribution < -0.4 is 0 Å². The number of hydrogen-bond donors (Lipinski definition) is 6. The van der Waals surface area contributed by atoms with E-state index in [9.17, 15) is 40.2 Å². The van der Waals surface area contributed by atoms with Crippen LogP contribution in [-0.2, 0) is 23.8 Å². The van der Waals surface area contributed by atoms with E-state index in [1.807, 2.05) is 6.92 Å². The SMILES string of the molecule is C[C@H]1O[C@@H](O[C@@H]2CC[C@]3(C=O)[C@H]4[C@H](O)C[C@]5(C)[C@H](C6=CC(=O)OC6)CC[C@@]5(O)[C@H]4CC[C@]3(O)C2)[C@H](O)[C@H](O)[C@H]1O. The van der Waals surface area contributed by atoms with Gasteiger partial charge in [-0.1, -0.05) is 6.92 Å². The summed E-state index contributed by atoms with van der Waals surface area (Å²) in [5, 5.41) is 66.7. The van der Waals surface area contributed by atoms with Crippen LogP contribution in [0.25, 0.3) is 0 Å². The molecule has 0 spiro atoms. The third-order valence-corrected chi connectivity index (χ3v) is 11.9. The number of ether oxygens (including phenoxy) is 3. The standard InChI is InChI=1S/C29H42O11/c1-14-22(33)23(34)24(35)25(39-14)40-16-3-6-27(13-30)21-18(4-7-28(27,36)10-16)29(37)8-5-17(15-9-20(32)38-12-15)26(29,2)11-19(21)31/h9,13-14,16-19,21-25,31,33-37H,3-8,10-12H2,1-2H3/t14-,16-,17+,18+,19-,21-,22+,23-,24-,25+,26-,27+,28+,29-/m1/s1. The largest absolute Gasteiger partial charge is 0.458 e. The van der Waals surface area contributed by atoms with Crippen molar-refractivity contribution in [2.24, 2.45) is 28.6 Å². The highest BCUT2D eigenvalue weighted by Gasteiger charge is 2.73. The van der Waals surface area contributed by atoms with E-state index in [4.69, 9.17) is 14.2 Å². The molecule has 2 aliphatic heterocycles. The molecule has 6 N–H and O–H groups in total. The van der Waals surface area contributed by atoms with Gasteiger partial charge in [0, 0.05) is 23.8 Å². The number of rotatable bonds is 4. The molecule has 0 amide bonds. The molecule has 6 rings (SSSR count). The van der Waals surface area contributed by atoms with Crippen LogP contribution in [0, 0.1) is 28.6 Å². The second kappa shape index (κ2) is 9.54. The molecule has 4 aliphatic carbocycles. The second-order valence-electron chi connectivity index (χ2n) is 13.6.